The summed E-state index contributed by atoms with van der Waals surface area (Å²) in [5, 5.41) is 4.00. The van der Waals surface area contributed by atoms with Crippen LogP contribution in [0.1, 0.15) is 6.42 Å². The normalized spacial score (nSPS) is 18.2. The number of ether oxygens (including phenoxy) is 1. The summed E-state index contributed by atoms with van der Waals surface area (Å²) >= 11 is 0. The molecule has 0 bridgehead atoms. The summed E-state index contributed by atoms with van der Waals surface area (Å²) in [7, 11) is 1.92. The third kappa shape index (κ3) is 2.38. The van der Waals surface area contributed by atoms with Gasteiger partial charge < -0.3 is 9.64 Å². The Kier molecular flexibility index (Phi) is 3.39. The summed E-state index contributed by atoms with van der Waals surface area (Å²) in [4.78, 5) is 18.6. The molecule has 0 saturated carbocycles. The van der Waals surface area contributed by atoms with Gasteiger partial charge in [-0.2, -0.15) is 24.7 Å². The van der Waals surface area contributed by atoms with Crippen molar-refractivity contribution in [3.63, 3.8) is 0 Å². The topological polar surface area (TPSA) is 120 Å². The maximum Gasteiger partial charge on any atom is 0.258 e. The smallest absolute Gasteiger partial charge is 0.258 e. The fraction of sp³-hybridized carbons (Fsp3) is 0.500. The van der Waals surface area contributed by atoms with E-state index in [9.17, 15) is 0 Å². The Hall–Kier alpha value is -2.33. The Morgan fingerprint density at radius 1 is 1.45 bits per heavy atom. The molecule has 20 heavy (non-hydrogen) atoms. The standard InChI is InChI=1S/C10H15N9O/c1-18(7-2-3-20-4-7)9-14-8(17-11)15-10(16-9)19-6-12-5-13-19/h5-7H,2-4,11H2,1H3,(H,14,15,16,17). The molecule has 10 nitrogen and oxygen atoms in total. The van der Waals surface area contributed by atoms with Crippen LogP contribution in [0, 0.1) is 0 Å². The van der Waals surface area contributed by atoms with Crippen LogP contribution in [0.4, 0.5) is 11.9 Å². The largest absolute Gasteiger partial charge is 0.379 e. The molecule has 0 radical (unpaired) electrons. The lowest BCUT2D eigenvalue weighted by molar-refractivity contribution is 0.193. The molecule has 2 aromatic heterocycles. The Morgan fingerprint density at radius 3 is 3.00 bits per heavy atom. The second-order valence-electron chi connectivity index (χ2n) is 4.37. The first-order valence-corrected chi connectivity index (χ1v) is 6.16. The van der Waals surface area contributed by atoms with Crippen molar-refractivity contribution in [2.45, 2.75) is 12.5 Å². The second kappa shape index (κ2) is 5.35. The van der Waals surface area contributed by atoms with Crippen LogP contribution in [0.2, 0.25) is 0 Å². The van der Waals surface area contributed by atoms with Gasteiger partial charge in [-0.15, -0.1) is 0 Å². The van der Waals surface area contributed by atoms with Crippen molar-refractivity contribution in [3.8, 4) is 5.95 Å². The van der Waals surface area contributed by atoms with Gasteiger partial charge in [0.1, 0.15) is 12.7 Å². The minimum absolute atomic E-state index is 0.242. The maximum atomic E-state index is 5.40. The molecule has 3 N–H and O–H groups in total. The first-order valence-electron chi connectivity index (χ1n) is 6.16. The van der Waals surface area contributed by atoms with Crippen LogP contribution < -0.4 is 16.2 Å². The lowest BCUT2D eigenvalue weighted by Crippen LogP contribution is -2.34. The minimum atomic E-state index is 0.242. The van der Waals surface area contributed by atoms with E-state index in [0.29, 0.717) is 18.5 Å². The van der Waals surface area contributed by atoms with Gasteiger partial charge in [-0.3, -0.25) is 5.43 Å². The molecule has 1 saturated heterocycles. The van der Waals surface area contributed by atoms with Gasteiger partial charge in [0.05, 0.1) is 12.6 Å². The first kappa shape index (κ1) is 12.7. The highest BCUT2D eigenvalue weighted by Crippen LogP contribution is 2.18. The summed E-state index contributed by atoms with van der Waals surface area (Å²) in [6.45, 7) is 1.41. The Bertz CT molecular complexity index is 566. The van der Waals surface area contributed by atoms with Gasteiger partial charge in [-0.05, 0) is 6.42 Å². The molecule has 106 valence electrons. The highest BCUT2D eigenvalue weighted by molar-refractivity contribution is 5.39. The Balaban J connectivity index is 1.95. The quantitative estimate of drug-likeness (QED) is 0.533. The van der Waals surface area contributed by atoms with E-state index >= 15 is 0 Å². The van der Waals surface area contributed by atoms with E-state index in [0.717, 1.165) is 13.0 Å². The number of rotatable bonds is 4. The number of nitrogens with one attached hydrogen (secondary N) is 1. The molecule has 1 unspecified atom stereocenters. The number of hydrazine groups is 1. The number of anilines is 2. The predicted molar refractivity (Wildman–Crippen MR) is 70.2 cm³/mol. The third-order valence-corrected chi connectivity index (χ3v) is 3.13. The van der Waals surface area contributed by atoms with Crippen molar-refractivity contribution in [1.82, 2.24) is 29.7 Å². The van der Waals surface area contributed by atoms with Crippen molar-refractivity contribution in [3.05, 3.63) is 12.7 Å². The van der Waals surface area contributed by atoms with Gasteiger partial charge in [0, 0.05) is 13.7 Å². The lowest BCUT2D eigenvalue weighted by Gasteiger charge is -2.23. The summed E-state index contributed by atoms with van der Waals surface area (Å²) in [5.41, 5.74) is 2.43. The number of nitrogens with zero attached hydrogens (tertiary/aromatic N) is 7. The van der Waals surface area contributed by atoms with Crippen LogP contribution in [0.5, 0.6) is 0 Å². The lowest BCUT2D eigenvalue weighted by atomic mass is 10.2. The molecule has 3 heterocycles. The zero-order valence-electron chi connectivity index (χ0n) is 11.0. The maximum absolute atomic E-state index is 5.40. The van der Waals surface area contributed by atoms with E-state index in [2.05, 4.69) is 30.5 Å². The third-order valence-electron chi connectivity index (χ3n) is 3.13. The van der Waals surface area contributed by atoms with E-state index in [1.807, 2.05) is 11.9 Å². The predicted octanol–water partition coefficient (Wildman–Crippen LogP) is -1.04. The van der Waals surface area contributed by atoms with E-state index in [1.165, 1.54) is 17.3 Å². The van der Waals surface area contributed by atoms with E-state index in [1.54, 1.807) is 0 Å². The molecule has 0 aromatic carbocycles. The SMILES string of the molecule is CN(c1nc(NN)nc(-n2cncn2)n1)C1CCOC1. The number of aromatic nitrogens is 6. The van der Waals surface area contributed by atoms with E-state index in [-0.39, 0.29) is 12.0 Å². The van der Waals surface area contributed by atoms with Crippen LogP contribution in [0.25, 0.3) is 5.95 Å². The number of nitrogen functional groups attached to an aromatic ring is 1. The number of likely N-dealkylation sites (N-methyl/N-ethyl adjacent to an activating group) is 1. The van der Waals surface area contributed by atoms with Crippen molar-refractivity contribution < 1.29 is 4.74 Å². The van der Waals surface area contributed by atoms with E-state index in [4.69, 9.17) is 10.6 Å². The summed E-state index contributed by atoms with van der Waals surface area (Å²) in [5.74, 6) is 6.53. The van der Waals surface area contributed by atoms with Gasteiger partial charge in [-0.1, -0.05) is 0 Å². The van der Waals surface area contributed by atoms with Gasteiger partial charge in [-0.25, -0.2) is 10.8 Å². The zero-order valence-corrected chi connectivity index (χ0v) is 11.0. The second-order valence-corrected chi connectivity index (χ2v) is 4.37. The molecule has 0 amide bonds. The van der Waals surface area contributed by atoms with Crippen LogP contribution in [0.3, 0.4) is 0 Å². The average Bonchev–Trinajstić information content (AvgIpc) is 3.18. The molecule has 1 aliphatic heterocycles. The zero-order chi connectivity index (χ0) is 13.9. The van der Waals surface area contributed by atoms with Gasteiger partial charge in [0.2, 0.25) is 11.9 Å². The first-order chi connectivity index (χ1) is 9.78. The summed E-state index contributed by atoms with van der Waals surface area (Å²) in [6.07, 6.45) is 3.86. The Labute approximate surface area is 115 Å². The van der Waals surface area contributed by atoms with Crippen LogP contribution >= 0.6 is 0 Å². The van der Waals surface area contributed by atoms with Gasteiger partial charge >= 0.3 is 0 Å². The molecule has 1 atom stereocenters. The fourth-order valence-electron chi connectivity index (χ4n) is 1.98. The molecule has 0 aliphatic carbocycles. The molecule has 1 fully saturated rings. The van der Waals surface area contributed by atoms with Crippen LogP contribution in [-0.2, 0) is 4.74 Å². The van der Waals surface area contributed by atoms with E-state index < -0.39 is 0 Å². The van der Waals surface area contributed by atoms with Crippen LogP contribution in [0.15, 0.2) is 12.7 Å². The van der Waals surface area contributed by atoms with Gasteiger partial charge in [0.25, 0.3) is 5.95 Å². The summed E-state index contributed by atoms with van der Waals surface area (Å²) in [6, 6.07) is 0.242. The highest BCUT2D eigenvalue weighted by Gasteiger charge is 2.23. The van der Waals surface area contributed by atoms with Crippen LogP contribution in [-0.4, -0.2) is 56.0 Å². The minimum Gasteiger partial charge on any atom is -0.379 e. The molecule has 2 aromatic rings. The fourth-order valence-corrected chi connectivity index (χ4v) is 1.98. The average molecular weight is 277 g/mol. The number of nitrogens with two attached hydrogens (primary N) is 1. The molecule has 10 heteroatoms. The number of hydrogen-bond acceptors (Lipinski definition) is 9. The molecule has 3 rings (SSSR count). The Morgan fingerprint density at radius 2 is 2.35 bits per heavy atom. The number of hydrogen-bond donors (Lipinski definition) is 2. The van der Waals surface area contributed by atoms with Crippen molar-refractivity contribution in [2.24, 2.45) is 5.84 Å². The molecular formula is C10H15N9O. The molecular weight excluding hydrogens is 262 g/mol. The monoisotopic (exact) mass is 277 g/mol. The van der Waals surface area contributed by atoms with Crippen molar-refractivity contribution >= 4 is 11.9 Å². The van der Waals surface area contributed by atoms with Crippen molar-refractivity contribution in [1.29, 1.82) is 0 Å². The molecule has 1 aliphatic rings. The highest BCUT2D eigenvalue weighted by atomic mass is 16.5. The summed E-state index contributed by atoms with van der Waals surface area (Å²) < 4.78 is 6.83. The van der Waals surface area contributed by atoms with Crippen molar-refractivity contribution in [2.75, 3.05) is 30.6 Å². The van der Waals surface area contributed by atoms with Gasteiger partial charge in [0.15, 0.2) is 0 Å². The molecule has 0 spiro atoms.